The molecule has 0 aliphatic heterocycles. The van der Waals surface area contributed by atoms with E-state index in [1.165, 1.54) is 23.7 Å². The van der Waals surface area contributed by atoms with Gasteiger partial charge in [-0.2, -0.15) is 0 Å². The van der Waals surface area contributed by atoms with Crippen molar-refractivity contribution in [2.24, 2.45) is 0 Å². The molecule has 0 spiro atoms. The summed E-state index contributed by atoms with van der Waals surface area (Å²) in [6, 6.07) is 7.23. The number of thioether (sulfide) groups is 1. The molecule has 2 aromatic rings. The van der Waals surface area contributed by atoms with Gasteiger partial charge in [0.05, 0.1) is 49.4 Å². The first-order valence-corrected chi connectivity index (χ1v) is 10.4. The third-order valence-electron chi connectivity index (χ3n) is 4.57. The number of hydrogen-bond acceptors (Lipinski definition) is 5. The average molecular weight is 407 g/mol. The second kappa shape index (κ2) is 10.8. The zero-order valence-electron chi connectivity index (χ0n) is 16.6. The van der Waals surface area contributed by atoms with Crippen molar-refractivity contribution in [3.8, 4) is 0 Å². The molecule has 3 N–H and O–H groups in total. The molecule has 0 bridgehead atoms. The second-order valence-electron chi connectivity index (χ2n) is 6.31. The molecule has 28 heavy (non-hydrogen) atoms. The largest absolute Gasteiger partial charge is 0.358 e. The van der Waals surface area contributed by atoms with Gasteiger partial charge in [-0.05, 0) is 26.0 Å². The van der Waals surface area contributed by atoms with Crippen molar-refractivity contribution in [1.82, 2.24) is 20.2 Å². The van der Waals surface area contributed by atoms with Crippen LogP contribution in [0.1, 0.15) is 13.8 Å². The van der Waals surface area contributed by atoms with Gasteiger partial charge in [0.2, 0.25) is 11.8 Å². The van der Waals surface area contributed by atoms with Crippen LogP contribution in [0.2, 0.25) is 0 Å². The standard InChI is InChI=1S/C19H27N5O3S/c1-4-23(5-2)10-11-24-18(27)14-8-6-7-9-15(14)22-19(24)28-13-17(26)21-12-16(25)20-3/h6-9H,4-5,10-13H2,1-3H3,(H,20,25)(H,21,26)/p+1. The summed E-state index contributed by atoms with van der Waals surface area (Å²) in [5.41, 5.74) is 0.526. The average Bonchev–Trinajstić information content (AvgIpc) is 2.72. The Morgan fingerprint density at radius 2 is 1.89 bits per heavy atom. The minimum atomic E-state index is -0.281. The molecule has 2 rings (SSSR count). The quantitative estimate of drug-likeness (QED) is 0.357. The first-order valence-electron chi connectivity index (χ1n) is 9.43. The third kappa shape index (κ3) is 5.80. The summed E-state index contributed by atoms with van der Waals surface area (Å²) in [5, 5.41) is 6.09. The van der Waals surface area contributed by atoms with Crippen LogP contribution in [0.4, 0.5) is 0 Å². The molecular formula is C19H28N5O3S+. The Morgan fingerprint density at radius 1 is 1.18 bits per heavy atom. The van der Waals surface area contributed by atoms with E-state index >= 15 is 0 Å². The summed E-state index contributed by atoms with van der Waals surface area (Å²) >= 11 is 1.21. The minimum absolute atomic E-state index is 0.0703. The third-order valence-corrected chi connectivity index (χ3v) is 5.55. The molecule has 9 heteroatoms. The highest BCUT2D eigenvalue weighted by molar-refractivity contribution is 7.99. The number of benzene rings is 1. The Labute approximate surface area is 168 Å². The maximum Gasteiger partial charge on any atom is 0.262 e. The fraction of sp³-hybridized carbons (Fsp3) is 0.474. The van der Waals surface area contributed by atoms with E-state index in [1.54, 1.807) is 16.7 Å². The van der Waals surface area contributed by atoms with Gasteiger partial charge < -0.3 is 15.5 Å². The molecule has 2 amide bonds. The Kier molecular flexibility index (Phi) is 8.46. The second-order valence-corrected chi connectivity index (χ2v) is 7.26. The maximum absolute atomic E-state index is 13.0. The van der Waals surface area contributed by atoms with E-state index in [0.29, 0.717) is 22.6 Å². The smallest absolute Gasteiger partial charge is 0.262 e. The Bertz CT molecular complexity index is 879. The molecule has 152 valence electrons. The van der Waals surface area contributed by atoms with Crippen molar-refractivity contribution in [3.63, 3.8) is 0 Å². The molecule has 1 aromatic heterocycles. The van der Waals surface area contributed by atoms with Crippen LogP contribution < -0.4 is 21.1 Å². The van der Waals surface area contributed by atoms with Crippen molar-refractivity contribution in [2.75, 3.05) is 39.0 Å². The van der Waals surface area contributed by atoms with Crippen molar-refractivity contribution in [1.29, 1.82) is 0 Å². The maximum atomic E-state index is 13.0. The van der Waals surface area contributed by atoms with Crippen LogP contribution in [0.3, 0.4) is 0 Å². The van der Waals surface area contributed by atoms with Crippen molar-refractivity contribution >= 4 is 34.5 Å². The number of rotatable bonds is 10. The van der Waals surface area contributed by atoms with Gasteiger partial charge in [0.15, 0.2) is 5.16 Å². The molecule has 0 aliphatic carbocycles. The summed E-state index contributed by atoms with van der Waals surface area (Å²) in [6.07, 6.45) is 0. The fourth-order valence-corrected chi connectivity index (χ4v) is 3.63. The predicted molar refractivity (Wildman–Crippen MR) is 111 cm³/mol. The zero-order chi connectivity index (χ0) is 20.5. The fourth-order valence-electron chi connectivity index (χ4n) is 2.78. The highest BCUT2D eigenvalue weighted by Gasteiger charge is 2.15. The molecule has 0 saturated heterocycles. The van der Waals surface area contributed by atoms with Crippen LogP contribution in [0.5, 0.6) is 0 Å². The van der Waals surface area contributed by atoms with E-state index in [4.69, 9.17) is 0 Å². The summed E-state index contributed by atoms with van der Waals surface area (Å²) in [7, 11) is 1.51. The topological polar surface area (TPSA) is 97.5 Å². The summed E-state index contributed by atoms with van der Waals surface area (Å²) in [5.74, 6) is -0.460. The van der Waals surface area contributed by atoms with Gasteiger partial charge in [0.1, 0.15) is 0 Å². The lowest BCUT2D eigenvalue weighted by Crippen LogP contribution is -3.11. The van der Waals surface area contributed by atoms with E-state index in [1.807, 2.05) is 12.1 Å². The van der Waals surface area contributed by atoms with Crippen LogP contribution in [-0.4, -0.2) is 60.3 Å². The van der Waals surface area contributed by atoms with Gasteiger partial charge in [0.25, 0.3) is 5.56 Å². The summed E-state index contributed by atoms with van der Waals surface area (Å²) < 4.78 is 1.66. The van der Waals surface area contributed by atoms with Crippen LogP contribution in [0.15, 0.2) is 34.2 Å². The molecule has 0 fully saturated rings. The molecule has 0 radical (unpaired) electrons. The number of likely N-dealkylation sites (N-methyl/N-ethyl adjacent to an activating group) is 2. The van der Waals surface area contributed by atoms with Gasteiger partial charge >= 0.3 is 0 Å². The molecule has 1 heterocycles. The molecule has 8 nitrogen and oxygen atoms in total. The van der Waals surface area contributed by atoms with Gasteiger partial charge in [-0.15, -0.1) is 0 Å². The summed E-state index contributed by atoms with van der Waals surface area (Å²) in [4.78, 5) is 42.3. The zero-order valence-corrected chi connectivity index (χ0v) is 17.4. The lowest BCUT2D eigenvalue weighted by atomic mass is 10.2. The lowest BCUT2D eigenvalue weighted by molar-refractivity contribution is -0.897. The Morgan fingerprint density at radius 3 is 2.57 bits per heavy atom. The van der Waals surface area contributed by atoms with Gasteiger partial charge in [-0.3, -0.25) is 19.0 Å². The number of carbonyl (C=O) groups is 2. The van der Waals surface area contributed by atoms with E-state index in [0.717, 1.165) is 19.6 Å². The lowest BCUT2D eigenvalue weighted by Gasteiger charge is -2.18. The van der Waals surface area contributed by atoms with Crippen molar-refractivity contribution < 1.29 is 14.5 Å². The molecule has 0 aliphatic rings. The highest BCUT2D eigenvalue weighted by atomic mass is 32.2. The minimum Gasteiger partial charge on any atom is -0.358 e. The van der Waals surface area contributed by atoms with Crippen LogP contribution >= 0.6 is 11.8 Å². The number of amides is 2. The molecule has 1 aromatic carbocycles. The molecular weight excluding hydrogens is 378 g/mol. The molecule has 0 unspecified atom stereocenters. The number of carbonyl (C=O) groups excluding carboxylic acids is 2. The highest BCUT2D eigenvalue weighted by Crippen LogP contribution is 2.17. The molecule has 0 saturated carbocycles. The van der Waals surface area contributed by atoms with Gasteiger partial charge in [-0.25, -0.2) is 4.98 Å². The Hall–Kier alpha value is -2.39. The van der Waals surface area contributed by atoms with E-state index in [9.17, 15) is 14.4 Å². The normalized spacial score (nSPS) is 11.0. The number of para-hydroxylation sites is 1. The van der Waals surface area contributed by atoms with Crippen LogP contribution in [-0.2, 0) is 16.1 Å². The number of fused-ring (bicyclic) bond motifs is 1. The predicted octanol–water partition coefficient (Wildman–Crippen LogP) is -0.724. The van der Waals surface area contributed by atoms with Gasteiger partial charge in [0, 0.05) is 7.05 Å². The number of nitrogens with zero attached hydrogens (tertiary/aromatic N) is 2. The van der Waals surface area contributed by atoms with Crippen molar-refractivity contribution in [3.05, 3.63) is 34.6 Å². The summed E-state index contributed by atoms with van der Waals surface area (Å²) in [6.45, 7) is 7.48. The molecule has 0 atom stereocenters. The van der Waals surface area contributed by atoms with Crippen molar-refractivity contribution in [2.45, 2.75) is 25.5 Å². The van der Waals surface area contributed by atoms with Crippen LogP contribution in [0, 0.1) is 0 Å². The number of hydrogen-bond donors (Lipinski definition) is 3. The Balaban J connectivity index is 2.21. The first-order chi connectivity index (χ1) is 13.5. The number of aromatic nitrogens is 2. The number of nitrogens with one attached hydrogen (secondary N) is 3. The van der Waals surface area contributed by atoms with E-state index < -0.39 is 0 Å². The monoisotopic (exact) mass is 406 g/mol. The number of quaternary nitrogens is 1. The van der Waals surface area contributed by atoms with Crippen LogP contribution in [0.25, 0.3) is 10.9 Å². The first kappa shape index (κ1) is 21.9. The van der Waals surface area contributed by atoms with Gasteiger partial charge in [-0.1, -0.05) is 23.9 Å². The van der Waals surface area contributed by atoms with E-state index in [2.05, 4.69) is 29.5 Å². The SMILES string of the molecule is CC[NH+](CC)CCn1c(SCC(=O)NCC(=O)NC)nc2ccccc2c1=O. The van der Waals surface area contributed by atoms with E-state index in [-0.39, 0.29) is 29.7 Å².